The van der Waals surface area contributed by atoms with Crippen molar-refractivity contribution in [2.75, 3.05) is 20.1 Å². The predicted molar refractivity (Wildman–Crippen MR) is 94.4 cm³/mol. The quantitative estimate of drug-likeness (QED) is 0.633. The molecule has 1 saturated heterocycles. The second kappa shape index (κ2) is 7.02. The number of nitrogens with zero attached hydrogens (tertiary/aromatic N) is 3. The van der Waals surface area contributed by atoms with Gasteiger partial charge in [0.1, 0.15) is 0 Å². The summed E-state index contributed by atoms with van der Waals surface area (Å²) in [5, 5.41) is 8.78. The third-order valence-electron chi connectivity index (χ3n) is 6.53. The third-order valence-corrected chi connectivity index (χ3v) is 6.53. The Bertz CT molecular complexity index is 650. The normalized spacial score (nSPS) is 30.4. The van der Waals surface area contributed by atoms with Crippen LogP contribution in [-0.4, -0.2) is 58.1 Å². The fraction of sp³-hybridized carbons (Fsp3) is 0.684. The highest BCUT2D eigenvalue weighted by atomic mass is 16.5. The van der Waals surface area contributed by atoms with Gasteiger partial charge in [0.05, 0.1) is 11.3 Å². The van der Waals surface area contributed by atoms with E-state index >= 15 is 0 Å². The van der Waals surface area contributed by atoms with Crippen molar-refractivity contribution in [2.24, 2.45) is 5.92 Å². The first kappa shape index (κ1) is 16.9. The van der Waals surface area contributed by atoms with Gasteiger partial charge >= 0.3 is 0 Å². The molecule has 6 heteroatoms. The molecular weight excluding hydrogens is 316 g/mol. The average Bonchev–Trinajstić information content (AvgIpc) is 2.66. The summed E-state index contributed by atoms with van der Waals surface area (Å²) >= 11 is 0. The van der Waals surface area contributed by atoms with Gasteiger partial charge in [-0.1, -0.05) is 0 Å². The minimum atomic E-state index is -0.488. The Morgan fingerprint density at radius 1 is 1.32 bits per heavy atom. The van der Waals surface area contributed by atoms with Crippen molar-refractivity contribution in [3.8, 4) is 0 Å². The fourth-order valence-corrected chi connectivity index (χ4v) is 5.15. The Kier molecular flexibility index (Phi) is 4.75. The Balaban J connectivity index is 1.43. The topological polar surface area (TPSA) is 68.7 Å². The van der Waals surface area contributed by atoms with Crippen molar-refractivity contribution < 1.29 is 10.0 Å². The molecule has 1 aromatic heterocycles. The second-order valence-corrected chi connectivity index (χ2v) is 7.91. The first-order valence-corrected chi connectivity index (χ1v) is 9.52. The highest BCUT2D eigenvalue weighted by molar-refractivity contribution is 5.93. The molecule has 136 valence electrons. The molecule has 0 bridgehead atoms. The van der Waals surface area contributed by atoms with Crippen molar-refractivity contribution in [1.29, 1.82) is 0 Å². The van der Waals surface area contributed by atoms with Gasteiger partial charge in [-0.3, -0.25) is 19.9 Å². The molecule has 0 radical (unpaired) electrons. The zero-order valence-electron chi connectivity index (χ0n) is 14.9. The van der Waals surface area contributed by atoms with E-state index in [2.05, 4.69) is 21.8 Å². The average molecular weight is 344 g/mol. The maximum Gasteiger partial charge on any atom is 0.276 e. The molecule has 1 aromatic rings. The summed E-state index contributed by atoms with van der Waals surface area (Å²) in [6, 6.07) is 3.33. The number of hydrogen-bond acceptors (Lipinski definition) is 5. The molecule has 25 heavy (non-hydrogen) atoms. The summed E-state index contributed by atoms with van der Waals surface area (Å²) < 4.78 is 0. The van der Waals surface area contributed by atoms with Gasteiger partial charge < -0.3 is 4.90 Å². The summed E-state index contributed by atoms with van der Waals surface area (Å²) in [6.45, 7) is 3.18. The number of carbonyl (C=O) groups excluding carboxylic acids is 1. The number of piperidine rings is 1. The van der Waals surface area contributed by atoms with Gasteiger partial charge in [-0.05, 0) is 69.7 Å². The van der Waals surface area contributed by atoms with Gasteiger partial charge in [0.15, 0.2) is 0 Å². The highest BCUT2D eigenvalue weighted by Crippen LogP contribution is 2.37. The van der Waals surface area contributed by atoms with Crippen molar-refractivity contribution >= 4 is 5.91 Å². The Morgan fingerprint density at radius 3 is 3.04 bits per heavy atom. The minimum absolute atomic E-state index is 0.431. The number of pyridine rings is 1. The molecule has 6 nitrogen and oxygen atoms in total. The molecule has 0 spiro atoms. The Labute approximate surface area is 149 Å². The van der Waals surface area contributed by atoms with Crippen LogP contribution in [0.5, 0.6) is 0 Å². The molecular formula is C19H28N4O2. The number of aromatic nitrogens is 1. The van der Waals surface area contributed by atoms with Crippen LogP contribution in [0.2, 0.25) is 0 Å². The van der Waals surface area contributed by atoms with Crippen LogP contribution in [0.1, 0.15) is 53.7 Å². The molecule has 3 aliphatic rings. The molecule has 1 unspecified atom stereocenters. The number of carbonyl (C=O) groups is 1. The van der Waals surface area contributed by atoms with Gasteiger partial charge in [-0.25, -0.2) is 5.48 Å². The van der Waals surface area contributed by atoms with Crippen LogP contribution >= 0.6 is 0 Å². The van der Waals surface area contributed by atoms with E-state index in [9.17, 15) is 4.79 Å². The lowest BCUT2D eigenvalue weighted by Gasteiger charge is -2.47. The molecule has 4 rings (SSSR count). The number of fused-ring (bicyclic) bond motifs is 2. The molecule has 2 aliphatic heterocycles. The van der Waals surface area contributed by atoms with Crippen molar-refractivity contribution in [1.82, 2.24) is 20.3 Å². The largest absolute Gasteiger partial charge is 0.303 e. The van der Waals surface area contributed by atoms with E-state index < -0.39 is 5.91 Å². The van der Waals surface area contributed by atoms with Gasteiger partial charge in [-0.15, -0.1) is 0 Å². The molecule has 1 saturated carbocycles. The third kappa shape index (κ3) is 3.30. The smallest absolute Gasteiger partial charge is 0.276 e. The zero-order chi connectivity index (χ0) is 17.4. The van der Waals surface area contributed by atoms with E-state index in [1.165, 1.54) is 38.6 Å². The van der Waals surface area contributed by atoms with Crippen LogP contribution in [0.15, 0.2) is 12.3 Å². The maximum atomic E-state index is 11.6. The van der Waals surface area contributed by atoms with Gasteiger partial charge in [0.2, 0.25) is 0 Å². The van der Waals surface area contributed by atoms with Gasteiger partial charge in [0, 0.05) is 31.4 Å². The molecule has 3 heterocycles. The van der Waals surface area contributed by atoms with E-state index in [-0.39, 0.29) is 0 Å². The number of hydrogen-bond donors (Lipinski definition) is 2. The van der Waals surface area contributed by atoms with E-state index in [1.54, 1.807) is 11.7 Å². The molecule has 1 amide bonds. The molecule has 2 N–H and O–H groups in total. The van der Waals surface area contributed by atoms with Crippen LogP contribution < -0.4 is 5.48 Å². The van der Waals surface area contributed by atoms with Crippen LogP contribution in [0.25, 0.3) is 0 Å². The van der Waals surface area contributed by atoms with Gasteiger partial charge in [0.25, 0.3) is 5.91 Å². The van der Waals surface area contributed by atoms with Crippen LogP contribution in [-0.2, 0) is 13.0 Å². The Morgan fingerprint density at radius 2 is 2.20 bits per heavy atom. The summed E-state index contributed by atoms with van der Waals surface area (Å²) in [4.78, 5) is 21.2. The summed E-state index contributed by atoms with van der Waals surface area (Å²) in [5.74, 6) is 0.361. The SMILES string of the molecule is CN1CCC[C@H]2C[C@H](N3CCc4cc(C(=O)NO)cnc4C3)CCC21. The van der Waals surface area contributed by atoms with Crippen LogP contribution in [0.4, 0.5) is 0 Å². The lowest BCUT2D eigenvalue weighted by molar-refractivity contribution is 0.0300. The molecule has 0 aromatic carbocycles. The van der Waals surface area contributed by atoms with E-state index in [1.807, 2.05) is 6.07 Å². The number of hydroxylamine groups is 1. The maximum absolute atomic E-state index is 11.6. The standard InChI is InChI=1S/C19H28N4O2/c1-22-7-2-3-14-10-16(4-5-18(14)22)23-8-6-13-9-15(19(24)21-25)11-20-17(13)12-23/h9,11,14,16,18,25H,2-8,10,12H2,1H3,(H,21,24)/t14-,16+,18?/m0/s1. The summed E-state index contributed by atoms with van der Waals surface area (Å²) in [6.07, 6.45) is 9.14. The van der Waals surface area contributed by atoms with E-state index in [4.69, 9.17) is 5.21 Å². The lowest BCUT2D eigenvalue weighted by Crippen LogP contribution is -2.51. The molecule has 3 atom stereocenters. The first-order chi connectivity index (χ1) is 12.2. The van der Waals surface area contributed by atoms with Crippen molar-refractivity contribution in [3.05, 3.63) is 29.1 Å². The van der Waals surface area contributed by atoms with Crippen LogP contribution in [0, 0.1) is 5.92 Å². The van der Waals surface area contributed by atoms with Crippen molar-refractivity contribution in [2.45, 2.75) is 57.2 Å². The minimum Gasteiger partial charge on any atom is -0.303 e. The second-order valence-electron chi connectivity index (χ2n) is 7.91. The zero-order valence-corrected chi connectivity index (χ0v) is 14.9. The van der Waals surface area contributed by atoms with E-state index in [0.717, 1.165) is 42.7 Å². The molecule has 1 aliphatic carbocycles. The van der Waals surface area contributed by atoms with Crippen LogP contribution in [0.3, 0.4) is 0 Å². The summed E-state index contributed by atoms with van der Waals surface area (Å²) in [7, 11) is 2.29. The number of amides is 1. The Hall–Kier alpha value is -1.50. The number of rotatable bonds is 2. The number of likely N-dealkylation sites (tertiary alicyclic amines) is 1. The van der Waals surface area contributed by atoms with E-state index in [0.29, 0.717) is 11.6 Å². The number of nitrogens with one attached hydrogen (secondary N) is 1. The van der Waals surface area contributed by atoms with Gasteiger partial charge in [-0.2, -0.15) is 0 Å². The predicted octanol–water partition coefficient (Wildman–Crippen LogP) is 1.82. The summed E-state index contributed by atoms with van der Waals surface area (Å²) in [5.41, 5.74) is 4.34. The molecule has 2 fully saturated rings. The highest BCUT2D eigenvalue weighted by Gasteiger charge is 2.37. The first-order valence-electron chi connectivity index (χ1n) is 9.52. The van der Waals surface area contributed by atoms with Crippen molar-refractivity contribution in [3.63, 3.8) is 0 Å². The monoisotopic (exact) mass is 344 g/mol. The lowest BCUT2D eigenvalue weighted by atomic mass is 9.75. The fourth-order valence-electron chi connectivity index (χ4n) is 5.15.